The van der Waals surface area contributed by atoms with Gasteiger partial charge in [0.1, 0.15) is 10.6 Å². The Bertz CT molecular complexity index is 451. The van der Waals surface area contributed by atoms with Crippen molar-refractivity contribution >= 4 is 43.7 Å². The minimum Gasteiger partial charge on any atom is -0.480 e. The Labute approximate surface area is 115 Å². The van der Waals surface area contributed by atoms with Gasteiger partial charge >= 0.3 is 5.97 Å². The zero-order valence-corrected chi connectivity index (χ0v) is 12.1. The molecule has 5 nitrogen and oxygen atoms in total. The van der Waals surface area contributed by atoms with Gasteiger partial charge in [0, 0.05) is 19.5 Å². The van der Waals surface area contributed by atoms with Crippen LogP contribution in [0.2, 0.25) is 0 Å². The van der Waals surface area contributed by atoms with Gasteiger partial charge in [-0.25, -0.2) is 9.78 Å². The van der Waals surface area contributed by atoms with Crippen molar-refractivity contribution in [2.45, 2.75) is 19.4 Å². The summed E-state index contributed by atoms with van der Waals surface area (Å²) in [6.07, 6.45) is 1.76. The molecule has 0 aliphatic heterocycles. The fourth-order valence-corrected chi connectivity index (χ4v) is 2.05. The molecule has 17 heavy (non-hydrogen) atoms. The highest BCUT2D eigenvalue weighted by molar-refractivity contribution is 9.13. The van der Waals surface area contributed by atoms with Crippen molar-refractivity contribution < 1.29 is 14.7 Å². The van der Waals surface area contributed by atoms with Gasteiger partial charge in [-0.1, -0.05) is 0 Å². The molecule has 1 amide bonds. The normalized spacial score (nSPS) is 11.9. The number of hydrogen-bond donors (Lipinski definition) is 2. The Morgan fingerprint density at radius 1 is 1.53 bits per heavy atom. The van der Waals surface area contributed by atoms with Crippen molar-refractivity contribution in [3.05, 3.63) is 26.9 Å². The summed E-state index contributed by atoms with van der Waals surface area (Å²) in [6.45, 7) is 1.29. The van der Waals surface area contributed by atoms with Crippen molar-refractivity contribution in [2.75, 3.05) is 0 Å². The highest BCUT2D eigenvalue weighted by atomic mass is 79.9. The number of carbonyl (C=O) groups excluding carboxylic acids is 1. The zero-order chi connectivity index (χ0) is 13.0. The van der Waals surface area contributed by atoms with E-state index in [9.17, 15) is 9.59 Å². The number of carbonyl (C=O) groups is 2. The summed E-state index contributed by atoms with van der Waals surface area (Å²) >= 11 is 6.54. The van der Waals surface area contributed by atoms with Crippen LogP contribution in [0.4, 0.5) is 0 Å². The molecule has 0 radical (unpaired) electrons. The number of amides is 1. The molecule has 1 heterocycles. The second kappa shape index (κ2) is 6.11. The number of carboxylic acid groups (broad SMARTS) is 1. The number of halogens is 2. The summed E-state index contributed by atoms with van der Waals surface area (Å²) in [5.41, 5.74) is 0.757. The van der Waals surface area contributed by atoms with Crippen molar-refractivity contribution in [1.82, 2.24) is 10.3 Å². The monoisotopic (exact) mass is 364 g/mol. The zero-order valence-electron chi connectivity index (χ0n) is 8.91. The lowest BCUT2D eigenvalue weighted by Gasteiger charge is -2.14. The van der Waals surface area contributed by atoms with Gasteiger partial charge in [0.15, 0.2) is 0 Å². The van der Waals surface area contributed by atoms with Gasteiger partial charge in [-0.3, -0.25) is 4.79 Å². The van der Waals surface area contributed by atoms with E-state index < -0.39 is 12.0 Å². The summed E-state index contributed by atoms with van der Waals surface area (Å²) in [5, 5.41) is 11.4. The fraction of sp³-hybridized carbons (Fsp3) is 0.300. The molecule has 0 spiro atoms. The highest BCUT2D eigenvalue weighted by Gasteiger charge is 2.20. The molecule has 1 rings (SSSR count). The van der Waals surface area contributed by atoms with Crippen molar-refractivity contribution in [3.8, 4) is 0 Å². The van der Waals surface area contributed by atoms with Crippen molar-refractivity contribution in [1.29, 1.82) is 0 Å². The molecule has 1 unspecified atom stereocenters. The Morgan fingerprint density at radius 2 is 2.18 bits per heavy atom. The van der Waals surface area contributed by atoms with Crippen LogP contribution < -0.4 is 5.32 Å². The van der Waals surface area contributed by atoms with Crippen LogP contribution in [0, 0.1) is 0 Å². The van der Waals surface area contributed by atoms with Gasteiger partial charge in [-0.05, 0) is 43.5 Å². The molecule has 0 saturated heterocycles. The van der Waals surface area contributed by atoms with Crippen LogP contribution >= 0.6 is 31.9 Å². The quantitative estimate of drug-likeness (QED) is 0.796. The molecule has 0 saturated carbocycles. The number of carboxylic acids is 1. The molecular formula is C10H10Br2N2O3. The second-order valence-corrected chi connectivity index (χ2v) is 4.91. The van der Waals surface area contributed by atoms with Crippen LogP contribution in [-0.2, 0) is 16.0 Å². The van der Waals surface area contributed by atoms with Gasteiger partial charge in [0.2, 0.25) is 5.91 Å². The predicted octanol–water partition coefficient (Wildman–Crippen LogP) is 1.74. The molecule has 7 heteroatoms. The summed E-state index contributed by atoms with van der Waals surface area (Å²) < 4.78 is 1.29. The molecule has 1 aromatic rings. The average Bonchev–Trinajstić information content (AvgIpc) is 2.22. The number of nitrogens with zero attached hydrogens (tertiary/aromatic N) is 1. The van der Waals surface area contributed by atoms with Crippen LogP contribution in [0.1, 0.15) is 12.5 Å². The first-order valence-corrected chi connectivity index (χ1v) is 6.29. The van der Waals surface area contributed by atoms with Crippen LogP contribution in [0.15, 0.2) is 21.3 Å². The summed E-state index contributed by atoms with van der Waals surface area (Å²) in [6, 6.07) is 0.755. The first-order chi connectivity index (χ1) is 7.91. The largest absolute Gasteiger partial charge is 0.480 e. The summed E-state index contributed by atoms with van der Waals surface area (Å²) in [7, 11) is 0. The molecular weight excluding hydrogens is 356 g/mol. The highest BCUT2D eigenvalue weighted by Crippen LogP contribution is 2.25. The molecule has 1 aromatic heterocycles. The van der Waals surface area contributed by atoms with Crippen molar-refractivity contribution in [3.63, 3.8) is 0 Å². The first kappa shape index (κ1) is 14.1. The molecule has 0 aliphatic rings. The van der Waals surface area contributed by atoms with E-state index in [1.54, 1.807) is 12.3 Å². The number of rotatable bonds is 4. The second-order valence-electron chi connectivity index (χ2n) is 3.37. The summed E-state index contributed by atoms with van der Waals surface area (Å²) in [5.74, 6) is -1.44. The van der Waals surface area contributed by atoms with Gasteiger partial charge in [0.25, 0.3) is 0 Å². The van der Waals surface area contributed by atoms with Gasteiger partial charge in [-0.15, -0.1) is 0 Å². The Balaban J connectivity index is 2.90. The van der Waals surface area contributed by atoms with Crippen LogP contribution in [0.5, 0.6) is 0 Å². The maximum absolute atomic E-state index is 11.0. The molecule has 0 aliphatic carbocycles. The van der Waals surface area contributed by atoms with Crippen LogP contribution in [0.25, 0.3) is 0 Å². The third-order valence-corrected chi connectivity index (χ3v) is 4.04. The van der Waals surface area contributed by atoms with E-state index in [0.717, 1.165) is 5.56 Å². The molecule has 0 bridgehead atoms. The minimum absolute atomic E-state index is 0.191. The van der Waals surface area contributed by atoms with E-state index in [-0.39, 0.29) is 12.3 Å². The summed E-state index contributed by atoms with van der Waals surface area (Å²) in [4.78, 5) is 25.9. The van der Waals surface area contributed by atoms with Gasteiger partial charge in [-0.2, -0.15) is 0 Å². The smallest absolute Gasteiger partial charge is 0.326 e. The van der Waals surface area contributed by atoms with E-state index >= 15 is 0 Å². The maximum Gasteiger partial charge on any atom is 0.326 e. The third kappa shape index (κ3) is 4.08. The maximum atomic E-state index is 11.0. The number of aliphatic carboxylic acids is 1. The van der Waals surface area contributed by atoms with E-state index in [4.69, 9.17) is 5.11 Å². The lowest BCUT2D eigenvalue weighted by Crippen LogP contribution is -2.41. The Kier molecular flexibility index (Phi) is 5.07. The molecule has 0 aromatic carbocycles. The van der Waals surface area contributed by atoms with Gasteiger partial charge in [0.05, 0.1) is 4.47 Å². The van der Waals surface area contributed by atoms with E-state index in [1.807, 2.05) is 0 Å². The van der Waals surface area contributed by atoms with E-state index in [2.05, 4.69) is 42.2 Å². The molecule has 0 fully saturated rings. The van der Waals surface area contributed by atoms with Crippen molar-refractivity contribution in [2.24, 2.45) is 0 Å². The minimum atomic E-state index is -1.07. The Hall–Kier alpha value is -0.950. The fourth-order valence-electron chi connectivity index (χ4n) is 1.28. The number of pyridine rings is 1. The SMILES string of the molecule is CC(=O)NC(Cc1ccnc(Br)c1Br)C(=O)O. The Morgan fingerprint density at radius 3 is 2.71 bits per heavy atom. The first-order valence-electron chi connectivity index (χ1n) is 4.70. The van der Waals surface area contributed by atoms with E-state index in [0.29, 0.717) is 9.08 Å². The van der Waals surface area contributed by atoms with Crippen LogP contribution in [-0.4, -0.2) is 28.0 Å². The molecule has 1 atom stereocenters. The van der Waals surface area contributed by atoms with E-state index in [1.165, 1.54) is 6.92 Å². The third-order valence-electron chi connectivity index (χ3n) is 2.03. The number of hydrogen-bond acceptors (Lipinski definition) is 3. The van der Waals surface area contributed by atoms with Gasteiger partial charge < -0.3 is 10.4 Å². The topological polar surface area (TPSA) is 79.3 Å². The number of nitrogens with one attached hydrogen (secondary N) is 1. The van der Waals surface area contributed by atoms with Crippen LogP contribution in [0.3, 0.4) is 0 Å². The standard InChI is InChI=1S/C10H10Br2N2O3/c1-5(15)14-7(10(16)17)4-6-2-3-13-9(12)8(6)11/h2-3,7H,4H2,1H3,(H,14,15)(H,16,17). The lowest BCUT2D eigenvalue weighted by atomic mass is 10.1. The number of aromatic nitrogens is 1. The molecule has 2 N–H and O–H groups in total. The molecule has 92 valence electrons. The lowest BCUT2D eigenvalue weighted by molar-refractivity contribution is -0.141. The predicted molar refractivity (Wildman–Crippen MR) is 68.6 cm³/mol. The average molecular weight is 366 g/mol.